The molecule has 1 aromatic carbocycles. The van der Waals surface area contributed by atoms with E-state index in [9.17, 15) is 4.79 Å². The maximum Gasteiger partial charge on any atom is 0.631 e. The largest absolute Gasteiger partial charge is 0.631 e. The molecule has 0 spiro atoms. The molecule has 0 aliphatic carbocycles. The van der Waals surface area contributed by atoms with Crippen molar-refractivity contribution in [2.24, 2.45) is 4.99 Å². The lowest BCUT2D eigenvalue weighted by Gasteiger charge is -1.83. The zero-order valence-corrected chi connectivity index (χ0v) is 6.66. The summed E-state index contributed by atoms with van der Waals surface area (Å²) in [5.41, 5.74) is 0.646. The molecule has 68 valence electrons. The van der Waals surface area contributed by atoms with Gasteiger partial charge in [-0.15, -0.1) is 0 Å². The van der Waals surface area contributed by atoms with Gasteiger partial charge in [-0.05, 0) is 12.1 Å². The summed E-state index contributed by atoms with van der Waals surface area (Å²) in [7, 11) is -2.17. The number of nitrogens with zero attached hydrogens (tertiary/aromatic N) is 1. The number of benzene rings is 1. The molecule has 13 heavy (non-hydrogen) atoms. The van der Waals surface area contributed by atoms with Gasteiger partial charge in [-0.3, -0.25) is 0 Å². The summed E-state index contributed by atoms with van der Waals surface area (Å²) in [4.78, 5) is 13.1. The minimum absolute atomic E-state index is 0.646. The molecule has 0 unspecified atom stereocenters. The summed E-state index contributed by atoms with van der Waals surface area (Å²) in [6.45, 7) is 0. The van der Waals surface area contributed by atoms with Crippen molar-refractivity contribution in [3.05, 3.63) is 30.3 Å². The van der Waals surface area contributed by atoms with Crippen LogP contribution in [0.25, 0.3) is 0 Å². The minimum Gasteiger partial charge on any atom is -0.402 e. The van der Waals surface area contributed by atoms with Crippen molar-refractivity contribution >= 4 is 19.1 Å². The number of carbonyl (C=O) groups excluding carboxylic acids is 1. The molecule has 0 aliphatic rings. The van der Waals surface area contributed by atoms with Crippen molar-refractivity contribution < 1.29 is 19.9 Å². The Labute approximate surface area is 75.2 Å². The van der Waals surface area contributed by atoms with Crippen LogP contribution in [0.1, 0.15) is 0 Å². The smallest absolute Gasteiger partial charge is 0.402 e. The SMILES string of the molecule is O=C=Nc1ccccc1.OB(O)O. The quantitative estimate of drug-likeness (QED) is 0.312. The molecular formula is C7H8BNO4. The monoisotopic (exact) mass is 181 g/mol. The fourth-order valence-corrected chi connectivity index (χ4v) is 0.555. The highest BCUT2D eigenvalue weighted by Crippen LogP contribution is 2.06. The molecule has 0 fully saturated rings. The van der Waals surface area contributed by atoms with E-state index in [1.807, 2.05) is 18.2 Å². The number of hydrogen-bond donors (Lipinski definition) is 3. The number of isocyanates is 1. The van der Waals surface area contributed by atoms with Gasteiger partial charge in [-0.1, -0.05) is 18.2 Å². The molecule has 0 amide bonds. The Hall–Kier alpha value is -1.46. The second kappa shape index (κ2) is 7.21. The van der Waals surface area contributed by atoms with Gasteiger partial charge in [0, 0.05) is 0 Å². The molecule has 3 N–H and O–H groups in total. The van der Waals surface area contributed by atoms with Crippen molar-refractivity contribution in [1.29, 1.82) is 0 Å². The molecule has 1 aromatic rings. The van der Waals surface area contributed by atoms with Crippen LogP contribution in [0.4, 0.5) is 5.69 Å². The van der Waals surface area contributed by atoms with Crippen LogP contribution in [0, 0.1) is 0 Å². The molecular weight excluding hydrogens is 173 g/mol. The van der Waals surface area contributed by atoms with Gasteiger partial charge in [0.05, 0.1) is 5.69 Å². The van der Waals surface area contributed by atoms with Gasteiger partial charge >= 0.3 is 7.32 Å². The van der Waals surface area contributed by atoms with E-state index < -0.39 is 7.32 Å². The second-order valence-corrected chi connectivity index (χ2v) is 1.89. The predicted octanol–water partition coefficient (Wildman–Crippen LogP) is -0.398. The minimum atomic E-state index is -2.17. The van der Waals surface area contributed by atoms with Crippen LogP contribution in [-0.2, 0) is 4.79 Å². The van der Waals surface area contributed by atoms with Gasteiger partial charge in [-0.25, -0.2) is 4.79 Å². The number of aliphatic imine (C=N–C) groups is 1. The summed E-state index contributed by atoms with van der Waals surface area (Å²) in [5.74, 6) is 0. The van der Waals surface area contributed by atoms with Crippen LogP contribution in [0.5, 0.6) is 0 Å². The summed E-state index contributed by atoms with van der Waals surface area (Å²) >= 11 is 0. The molecule has 1 rings (SSSR count). The van der Waals surface area contributed by atoms with Crippen LogP contribution in [-0.4, -0.2) is 28.5 Å². The van der Waals surface area contributed by atoms with E-state index in [1.54, 1.807) is 12.1 Å². The van der Waals surface area contributed by atoms with Crippen molar-refractivity contribution in [3.8, 4) is 0 Å². The molecule has 0 atom stereocenters. The summed E-state index contributed by atoms with van der Waals surface area (Å²) in [6.07, 6.45) is 1.46. The van der Waals surface area contributed by atoms with Crippen LogP contribution in [0.3, 0.4) is 0 Å². The highest BCUT2D eigenvalue weighted by Gasteiger charge is 1.92. The fraction of sp³-hybridized carbons (Fsp3) is 0. The number of para-hydroxylation sites is 1. The summed E-state index contributed by atoms with van der Waals surface area (Å²) < 4.78 is 0. The van der Waals surface area contributed by atoms with Crippen LogP contribution < -0.4 is 0 Å². The van der Waals surface area contributed by atoms with Crippen LogP contribution in [0.2, 0.25) is 0 Å². The van der Waals surface area contributed by atoms with E-state index in [2.05, 4.69) is 4.99 Å². The Morgan fingerprint density at radius 1 is 1.15 bits per heavy atom. The van der Waals surface area contributed by atoms with Gasteiger partial charge in [0.2, 0.25) is 6.08 Å². The standard InChI is InChI=1S/C7H5NO.BH3O3/c9-6-8-7-4-2-1-3-5-7;2-1(3)4/h1-5H;2-4H. The first kappa shape index (κ1) is 11.5. The average Bonchev–Trinajstić information content (AvgIpc) is 2.06. The molecule has 0 heterocycles. The molecule has 0 bridgehead atoms. The Morgan fingerprint density at radius 3 is 2.00 bits per heavy atom. The first-order valence-electron chi connectivity index (χ1n) is 3.34. The lowest BCUT2D eigenvalue weighted by molar-refractivity contribution is 0.278. The van der Waals surface area contributed by atoms with Gasteiger partial charge < -0.3 is 15.1 Å². The lowest BCUT2D eigenvalue weighted by Crippen LogP contribution is -2.07. The van der Waals surface area contributed by atoms with Gasteiger partial charge in [0.15, 0.2) is 0 Å². The van der Waals surface area contributed by atoms with Crippen molar-refractivity contribution in [2.45, 2.75) is 0 Å². The highest BCUT2D eigenvalue weighted by molar-refractivity contribution is 6.30. The van der Waals surface area contributed by atoms with E-state index in [4.69, 9.17) is 15.1 Å². The normalized spacial score (nSPS) is 7.62. The Balaban J connectivity index is 0.000000310. The van der Waals surface area contributed by atoms with E-state index in [1.165, 1.54) is 6.08 Å². The molecule has 0 aromatic heterocycles. The zero-order valence-electron chi connectivity index (χ0n) is 6.66. The third-order valence-electron chi connectivity index (χ3n) is 0.931. The third kappa shape index (κ3) is 8.45. The van der Waals surface area contributed by atoms with E-state index in [-0.39, 0.29) is 0 Å². The van der Waals surface area contributed by atoms with E-state index >= 15 is 0 Å². The Kier molecular flexibility index (Phi) is 6.40. The van der Waals surface area contributed by atoms with Gasteiger partial charge in [-0.2, -0.15) is 4.99 Å². The average molecular weight is 181 g/mol. The molecule has 0 saturated carbocycles. The van der Waals surface area contributed by atoms with E-state index in [0.29, 0.717) is 5.69 Å². The van der Waals surface area contributed by atoms with Crippen molar-refractivity contribution in [2.75, 3.05) is 0 Å². The van der Waals surface area contributed by atoms with Crippen LogP contribution in [0.15, 0.2) is 35.3 Å². The molecule has 0 radical (unpaired) electrons. The zero-order chi connectivity index (χ0) is 10.1. The van der Waals surface area contributed by atoms with Crippen molar-refractivity contribution in [3.63, 3.8) is 0 Å². The topological polar surface area (TPSA) is 90.1 Å². The first-order chi connectivity index (χ1) is 6.16. The van der Waals surface area contributed by atoms with Crippen LogP contribution >= 0.6 is 0 Å². The molecule has 0 saturated heterocycles. The summed E-state index contributed by atoms with van der Waals surface area (Å²) in [6, 6.07) is 8.98. The first-order valence-corrected chi connectivity index (χ1v) is 3.34. The van der Waals surface area contributed by atoms with E-state index in [0.717, 1.165) is 0 Å². The number of hydrogen-bond acceptors (Lipinski definition) is 5. The molecule has 0 aliphatic heterocycles. The van der Waals surface area contributed by atoms with Gasteiger partial charge in [0.1, 0.15) is 0 Å². The Morgan fingerprint density at radius 2 is 1.62 bits per heavy atom. The molecule has 5 nitrogen and oxygen atoms in total. The third-order valence-corrected chi connectivity index (χ3v) is 0.931. The maximum absolute atomic E-state index is 9.68. The molecule has 6 heteroatoms. The second-order valence-electron chi connectivity index (χ2n) is 1.89. The summed E-state index contributed by atoms with van der Waals surface area (Å²) in [5, 5.41) is 21.5. The lowest BCUT2D eigenvalue weighted by atomic mass is 10.3. The number of rotatable bonds is 1. The highest BCUT2D eigenvalue weighted by atomic mass is 16.5. The predicted molar refractivity (Wildman–Crippen MR) is 46.6 cm³/mol. The maximum atomic E-state index is 9.68. The Bertz CT molecular complexity index is 268. The van der Waals surface area contributed by atoms with Gasteiger partial charge in [0.25, 0.3) is 0 Å². The van der Waals surface area contributed by atoms with Crippen molar-refractivity contribution in [1.82, 2.24) is 0 Å². The fourth-order valence-electron chi connectivity index (χ4n) is 0.555.